The topological polar surface area (TPSA) is 171 Å². The van der Waals surface area contributed by atoms with Crippen LogP contribution in [0.15, 0.2) is 54.6 Å². The van der Waals surface area contributed by atoms with Crippen LogP contribution in [0, 0.1) is 16.7 Å². The number of esters is 1. The van der Waals surface area contributed by atoms with Crippen molar-refractivity contribution in [3.05, 3.63) is 70.8 Å². The number of aliphatic hydroxyl groups is 1. The quantitative estimate of drug-likeness (QED) is 0.158. The summed E-state index contributed by atoms with van der Waals surface area (Å²) >= 11 is 1.42. The Morgan fingerprint density at radius 2 is 1.92 bits per heavy atom. The van der Waals surface area contributed by atoms with E-state index in [9.17, 15) is 24.3 Å². The number of carbonyl (C=O) groups is 4. The number of aromatic nitrogens is 3. The highest BCUT2D eigenvalue weighted by Crippen LogP contribution is 2.45. The molecule has 15 nitrogen and oxygen atoms in total. The summed E-state index contributed by atoms with van der Waals surface area (Å²) < 4.78 is 14.1. The van der Waals surface area contributed by atoms with Crippen LogP contribution in [0.5, 0.6) is 0 Å². The average Bonchev–Trinajstić information content (AvgIpc) is 4.07. The number of aryl methyl sites for hydroxylation is 1. The maximum absolute atomic E-state index is 14.7. The van der Waals surface area contributed by atoms with E-state index in [0.717, 1.165) is 44.7 Å². The number of rotatable bonds is 8. The summed E-state index contributed by atoms with van der Waals surface area (Å²) in [5, 5.41) is 20.1. The van der Waals surface area contributed by atoms with Crippen molar-refractivity contribution in [3.8, 4) is 22.5 Å². The summed E-state index contributed by atoms with van der Waals surface area (Å²) in [6, 6.07) is 7.78. The number of amides is 3. The molecule has 3 aromatic heterocycles. The summed E-state index contributed by atoms with van der Waals surface area (Å²) in [5.41, 5.74) is 8.67. The molecule has 0 radical (unpaired) electrons. The SMILES string of the molecule is C=CC(=O)N1CCC2(CCN([C@H](C(=O)N[C@H]3Cc4nc(cs4)-c4ccc5c(c4)c(c(-c4cccnc4[C@H](C)OC)n5C)CC(C)(C)COC(=O)[C@@H]4CCCN(N4)C3=O)C(C)C)C2O)C1. The molecule has 0 saturated carbocycles. The summed E-state index contributed by atoms with van der Waals surface area (Å²) in [6.45, 7) is 15.5. The van der Waals surface area contributed by atoms with Crippen LogP contribution in [0.4, 0.5) is 0 Å². The number of aliphatic hydroxyl groups excluding tert-OH is 1. The van der Waals surface area contributed by atoms with Gasteiger partial charge in [0.25, 0.3) is 5.91 Å². The molecule has 4 aromatic rings. The molecule has 4 aliphatic rings. The first-order chi connectivity index (χ1) is 30.5. The number of hydrogen-bond acceptors (Lipinski definition) is 12. The Balaban J connectivity index is 1.15. The van der Waals surface area contributed by atoms with E-state index in [0.29, 0.717) is 63.3 Å². The van der Waals surface area contributed by atoms with Crippen molar-refractivity contribution in [2.75, 3.05) is 39.9 Å². The Hall–Kier alpha value is -5.00. The lowest BCUT2D eigenvalue weighted by Gasteiger charge is -2.38. The molecule has 4 aliphatic heterocycles. The zero-order chi connectivity index (χ0) is 45.7. The van der Waals surface area contributed by atoms with Gasteiger partial charge in [-0.25, -0.2) is 10.4 Å². The maximum Gasteiger partial charge on any atom is 0.324 e. The van der Waals surface area contributed by atoms with E-state index < -0.39 is 41.2 Å². The van der Waals surface area contributed by atoms with Gasteiger partial charge in [0.15, 0.2) is 0 Å². The molecule has 0 aliphatic carbocycles. The van der Waals surface area contributed by atoms with Crippen LogP contribution in [-0.4, -0.2) is 122 Å². The van der Waals surface area contributed by atoms with E-state index in [1.54, 1.807) is 18.2 Å². The number of carbonyl (C=O) groups excluding carboxylic acids is 4. The number of benzene rings is 1. The monoisotopic (exact) mass is 894 g/mol. The van der Waals surface area contributed by atoms with Crippen molar-refractivity contribution in [1.82, 2.24) is 40.1 Å². The second-order valence-corrected chi connectivity index (χ2v) is 20.2. The smallest absolute Gasteiger partial charge is 0.324 e. The first kappa shape index (κ1) is 45.6. The largest absolute Gasteiger partial charge is 0.464 e. The number of methoxy groups -OCH3 is 1. The number of fused-ring (bicyclic) bond motifs is 6. The summed E-state index contributed by atoms with van der Waals surface area (Å²) in [7, 11) is 3.74. The molecule has 16 heteroatoms. The molecular weight excluding hydrogens is 833 g/mol. The van der Waals surface area contributed by atoms with Gasteiger partial charge in [-0.3, -0.25) is 34.1 Å². The van der Waals surface area contributed by atoms with Gasteiger partial charge in [-0.15, -0.1) is 11.3 Å². The third-order valence-electron chi connectivity index (χ3n) is 13.8. The average molecular weight is 895 g/mol. The lowest BCUT2D eigenvalue weighted by atomic mass is 9.84. The minimum atomic E-state index is -1.04. The van der Waals surface area contributed by atoms with Crippen LogP contribution in [0.2, 0.25) is 0 Å². The standard InChI is InChI=1S/C48H62N8O7S/c1-9-39(57)54-20-16-48(26-54)17-21-55(46(48)61)41(28(2)3)43(58)51-35-23-38-50-36(25-64-38)30-14-15-37-32(22-30)33(42(53(37)7)31-12-10-18-49-40(31)29(4)62-8)24-47(5,6)27-63-45(60)34-13-11-19-56(52-34)44(35)59/h9-10,12,14-15,18,22,25,28-29,34-35,41,46,52,61H,1,11,13,16-17,19-21,23-24,26-27H2,2-8H3,(H,51,58)/t29-,34-,35-,41-,46?,48?/m0/s1. The Morgan fingerprint density at radius 3 is 2.67 bits per heavy atom. The van der Waals surface area contributed by atoms with E-state index in [1.807, 2.05) is 37.1 Å². The molecule has 3 saturated heterocycles. The number of nitrogens with one attached hydrogen (secondary N) is 2. The van der Waals surface area contributed by atoms with Gasteiger partial charge in [0.05, 0.1) is 40.8 Å². The molecule has 1 spiro atoms. The number of hydrazine groups is 1. The highest BCUT2D eigenvalue weighted by atomic mass is 32.1. The normalized spacial score (nSPS) is 25.1. The molecule has 7 heterocycles. The van der Waals surface area contributed by atoms with Crippen LogP contribution < -0.4 is 10.7 Å². The van der Waals surface area contributed by atoms with Gasteiger partial charge >= 0.3 is 5.97 Å². The van der Waals surface area contributed by atoms with Crippen molar-refractivity contribution in [2.24, 2.45) is 23.8 Å². The summed E-state index contributed by atoms with van der Waals surface area (Å²) in [6.07, 6.45) is 4.82. The van der Waals surface area contributed by atoms with Gasteiger partial charge in [0.1, 0.15) is 18.3 Å². The number of cyclic esters (lactones) is 1. The molecular formula is C48H62N8O7S. The van der Waals surface area contributed by atoms with Gasteiger partial charge in [-0.1, -0.05) is 40.3 Å². The fourth-order valence-electron chi connectivity index (χ4n) is 10.3. The second-order valence-electron chi connectivity index (χ2n) is 19.2. The Bertz CT molecular complexity index is 2450. The van der Waals surface area contributed by atoms with Gasteiger partial charge in [0.2, 0.25) is 11.8 Å². The molecule has 8 rings (SSSR count). The lowest BCUT2D eigenvalue weighted by molar-refractivity contribution is -0.155. The number of hydrogen-bond donors (Lipinski definition) is 3. The van der Waals surface area contributed by atoms with E-state index in [4.69, 9.17) is 19.4 Å². The Morgan fingerprint density at radius 1 is 1.14 bits per heavy atom. The van der Waals surface area contributed by atoms with Gasteiger partial charge < -0.3 is 29.4 Å². The number of likely N-dealkylation sites (tertiary alicyclic amines) is 2. The van der Waals surface area contributed by atoms with Crippen molar-refractivity contribution in [1.29, 1.82) is 0 Å². The first-order valence-electron chi connectivity index (χ1n) is 22.5. The molecule has 3 N–H and O–H groups in total. The van der Waals surface area contributed by atoms with Crippen LogP contribution in [0.1, 0.15) is 82.7 Å². The molecule has 3 fully saturated rings. The minimum Gasteiger partial charge on any atom is -0.464 e. The fraction of sp³-hybridized carbons (Fsp3) is 0.542. The van der Waals surface area contributed by atoms with Crippen molar-refractivity contribution >= 4 is 45.9 Å². The van der Waals surface area contributed by atoms with Crippen molar-refractivity contribution < 1.29 is 33.8 Å². The predicted octanol–water partition coefficient (Wildman–Crippen LogP) is 5.17. The molecule has 6 atom stereocenters. The zero-order valence-electron chi connectivity index (χ0n) is 38.1. The van der Waals surface area contributed by atoms with E-state index in [-0.39, 0.29) is 42.8 Å². The summed E-state index contributed by atoms with van der Waals surface area (Å²) in [4.78, 5) is 69.0. The zero-order valence-corrected chi connectivity index (χ0v) is 38.9. The van der Waals surface area contributed by atoms with Crippen molar-refractivity contribution in [3.63, 3.8) is 0 Å². The lowest BCUT2D eigenvalue weighted by Crippen LogP contribution is -2.62. The number of pyridine rings is 1. The van der Waals surface area contributed by atoms with Crippen LogP contribution in [0.3, 0.4) is 0 Å². The fourth-order valence-corrected chi connectivity index (χ4v) is 11.2. The van der Waals surface area contributed by atoms with Crippen molar-refractivity contribution in [2.45, 2.75) is 104 Å². The van der Waals surface area contributed by atoms with Crippen LogP contribution >= 0.6 is 11.3 Å². The van der Waals surface area contributed by atoms with E-state index >= 15 is 0 Å². The second kappa shape index (κ2) is 18.1. The van der Waals surface area contributed by atoms with Crippen LogP contribution in [0.25, 0.3) is 33.4 Å². The maximum atomic E-state index is 14.7. The Kier molecular flexibility index (Phi) is 12.9. The number of thiazole rings is 1. The van der Waals surface area contributed by atoms with E-state index in [2.05, 4.69) is 67.0 Å². The molecule has 6 bridgehead atoms. The highest BCUT2D eigenvalue weighted by Gasteiger charge is 2.54. The minimum absolute atomic E-state index is 0.108. The molecule has 2 unspecified atom stereocenters. The number of ether oxygens (including phenoxy) is 2. The molecule has 342 valence electrons. The predicted molar refractivity (Wildman–Crippen MR) is 244 cm³/mol. The molecule has 1 aromatic carbocycles. The number of nitrogens with zero attached hydrogens (tertiary/aromatic N) is 6. The van der Waals surface area contributed by atoms with Crippen LogP contribution in [-0.2, 0) is 48.5 Å². The summed E-state index contributed by atoms with van der Waals surface area (Å²) in [5.74, 6) is -1.61. The third-order valence-corrected chi connectivity index (χ3v) is 14.7. The van der Waals surface area contributed by atoms with Gasteiger partial charge in [0, 0.05) is 91.2 Å². The molecule has 64 heavy (non-hydrogen) atoms. The molecule has 3 amide bonds. The first-order valence-corrected chi connectivity index (χ1v) is 23.4. The highest BCUT2D eigenvalue weighted by molar-refractivity contribution is 7.10. The Labute approximate surface area is 379 Å². The van der Waals surface area contributed by atoms with E-state index in [1.165, 1.54) is 22.4 Å². The van der Waals surface area contributed by atoms with Gasteiger partial charge in [-0.2, -0.15) is 0 Å². The third kappa shape index (κ3) is 8.62. The van der Waals surface area contributed by atoms with Gasteiger partial charge in [-0.05, 0) is 80.9 Å².